The van der Waals surface area contributed by atoms with Crippen molar-refractivity contribution in [3.63, 3.8) is 0 Å². The molecule has 12 heavy (non-hydrogen) atoms. The van der Waals surface area contributed by atoms with Gasteiger partial charge in [0, 0.05) is 0 Å². The van der Waals surface area contributed by atoms with Gasteiger partial charge in [0.25, 0.3) is 0 Å². The van der Waals surface area contributed by atoms with E-state index >= 15 is 0 Å². The standard InChI is InChI=1S/C5H5N3O4/c1-7-2-3(5(9)10)4(6-7)8(11)12/h2H,1H3,(H,9,10). The number of hydrogen-bond acceptors (Lipinski definition) is 4. The maximum Gasteiger partial charge on any atom is 0.404 e. The molecular formula is C5H5N3O4. The fourth-order valence-electron chi connectivity index (χ4n) is 0.762. The number of carboxylic acids is 1. The number of aromatic carboxylic acids is 1. The van der Waals surface area contributed by atoms with Crippen molar-refractivity contribution in [2.45, 2.75) is 0 Å². The second-order valence-corrected chi connectivity index (χ2v) is 2.10. The van der Waals surface area contributed by atoms with E-state index in [9.17, 15) is 14.9 Å². The van der Waals surface area contributed by atoms with Gasteiger partial charge in [-0.2, -0.15) is 4.68 Å². The van der Waals surface area contributed by atoms with Crippen LogP contribution in [0.2, 0.25) is 0 Å². The van der Waals surface area contributed by atoms with E-state index in [0.29, 0.717) is 0 Å². The van der Waals surface area contributed by atoms with Gasteiger partial charge in [-0.1, -0.05) is 0 Å². The molecule has 0 aliphatic rings. The van der Waals surface area contributed by atoms with E-state index in [1.165, 1.54) is 7.05 Å². The molecule has 0 atom stereocenters. The summed E-state index contributed by atoms with van der Waals surface area (Å²) in [6.07, 6.45) is 1.08. The van der Waals surface area contributed by atoms with E-state index in [0.717, 1.165) is 10.9 Å². The van der Waals surface area contributed by atoms with Crippen molar-refractivity contribution in [3.8, 4) is 0 Å². The highest BCUT2D eigenvalue weighted by atomic mass is 16.6. The van der Waals surface area contributed by atoms with E-state index in [1.807, 2.05) is 0 Å². The fourth-order valence-corrected chi connectivity index (χ4v) is 0.762. The lowest BCUT2D eigenvalue weighted by Crippen LogP contribution is -1.99. The summed E-state index contributed by atoms with van der Waals surface area (Å²) < 4.78 is 1.08. The zero-order valence-corrected chi connectivity index (χ0v) is 6.09. The van der Waals surface area contributed by atoms with Crippen molar-refractivity contribution in [2.24, 2.45) is 7.05 Å². The third-order valence-corrected chi connectivity index (χ3v) is 1.21. The molecule has 0 aliphatic heterocycles. The number of aryl methyl sites for hydroxylation is 1. The third-order valence-electron chi connectivity index (χ3n) is 1.21. The Hall–Kier alpha value is -1.92. The SMILES string of the molecule is Cn1cc(C(=O)O)c([N+](=O)[O-])n1. The first-order chi connectivity index (χ1) is 5.52. The van der Waals surface area contributed by atoms with Crippen LogP contribution in [0.25, 0.3) is 0 Å². The summed E-state index contributed by atoms with van der Waals surface area (Å²) in [5, 5.41) is 22.0. The minimum absolute atomic E-state index is 0.400. The van der Waals surface area contributed by atoms with Crippen molar-refractivity contribution in [2.75, 3.05) is 0 Å². The molecule has 0 spiro atoms. The molecule has 0 unspecified atom stereocenters. The lowest BCUT2D eigenvalue weighted by Gasteiger charge is -1.87. The monoisotopic (exact) mass is 171 g/mol. The van der Waals surface area contributed by atoms with E-state index in [2.05, 4.69) is 5.10 Å². The minimum atomic E-state index is -1.35. The highest BCUT2D eigenvalue weighted by molar-refractivity contribution is 5.91. The van der Waals surface area contributed by atoms with Gasteiger partial charge in [-0.25, -0.2) is 4.79 Å². The lowest BCUT2D eigenvalue weighted by molar-refractivity contribution is -0.390. The minimum Gasteiger partial charge on any atom is -0.477 e. The van der Waals surface area contributed by atoms with Gasteiger partial charge in [0.1, 0.15) is 0 Å². The number of nitrogens with zero attached hydrogens (tertiary/aromatic N) is 3. The van der Waals surface area contributed by atoms with Gasteiger partial charge in [-0.15, -0.1) is 0 Å². The molecule has 0 bridgehead atoms. The Morgan fingerprint density at radius 1 is 1.83 bits per heavy atom. The Bertz CT molecular complexity index is 311. The molecule has 0 radical (unpaired) electrons. The summed E-state index contributed by atoms with van der Waals surface area (Å²) >= 11 is 0. The van der Waals surface area contributed by atoms with Crippen LogP contribution in [0.5, 0.6) is 0 Å². The summed E-state index contributed by atoms with van der Waals surface area (Å²) in [6, 6.07) is 0. The van der Waals surface area contributed by atoms with Crippen molar-refractivity contribution in [1.82, 2.24) is 9.78 Å². The maximum atomic E-state index is 10.4. The largest absolute Gasteiger partial charge is 0.477 e. The highest BCUT2D eigenvalue weighted by Gasteiger charge is 2.24. The van der Waals surface area contributed by atoms with Crippen molar-refractivity contribution >= 4 is 11.8 Å². The molecular weight excluding hydrogens is 166 g/mol. The Morgan fingerprint density at radius 3 is 2.75 bits per heavy atom. The molecule has 0 aliphatic carbocycles. The predicted octanol–water partition coefficient (Wildman–Crippen LogP) is 0.0265. The molecule has 0 amide bonds. The van der Waals surface area contributed by atoms with Crippen LogP contribution in [-0.2, 0) is 7.05 Å². The first-order valence-electron chi connectivity index (χ1n) is 2.93. The number of aromatic nitrogens is 2. The smallest absolute Gasteiger partial charge is 0.404 e. The van der Waals surface area contributed by atoms with Crippen LogP contribution in [0.4, 0.5) is 5.82 Å². The number of nitro groups is 1. The molecule has 1 N–H and O–H groups in total. The van der Waals surface area contributed by atoms with Gasteiger partial charge >= 0.3 is 11.8 Å². The van der Waals surface area contributed by atoms with E-state index in [4.69, 9.17) is 5.11 Å². The zero-order valence-electron chi connectivity index (χ0n) is 6.09. The van der Waals surface area contributed by atoms with Crippen molar-refractivity contribution in [1.29, 1.82) is 0 Å². The average molecular weight is 171 g/mol. The van der Waals surface area contributed by atoms with E-state index < -0.39 is 22.3 Å². The second kappa shape index (κ2) is 2.61. The number of hydrogen-bond donors (Lipinski definition) is 1. The first-order valence-corrected chi connectivity index (χ1v) is 2.93. The van der Waals surface area contributed by atoms with Crippen LogP contribution in [0.3, 0.4) is 0 Å². The molecule has 7 nitrogen and oxygen atoms in total. The van der Waals surface area contributed by atoms with Gasteiger partial charge in [-0.3, -0.25) is 0 Å². The van der Waals surface area contributed by atoms with Crippen LogP contribution in [0.1, 0.15) is 10.4 Å². The molecule has 0 fully saturated rings. The topological polar surface area (TPSA) is 98.3 Å². The predicted molar refractivity (Wildman–Crippen MR) is 36.8 cm³/mol. The Kier molecular flexibility index (Phi) is 1.78. The highest BCUT2D eigenvalue weighted by Crippen LogP contribution is 2.14. The van der Waals surface area contributed by atoms with Crippen molar-refractivity contribution in [3.05, 3.63) is 21.9 Å². The summed E-state index contributed by atoms with van der Waals surface area (Å²) in [6.45, 7) is 0. The van der Waals surface area contributed by atoms with E-state index in [-0.39, 0.29) is 0 Å². The first kappa shape index (κ1) is 8.18. The van der Waals surface area contributed by atoms with Gasteiger partial charge in [0.05, 0.1) is 18.3 Å². The zero-order chi connectivity index (χ0) is 9.30. The quantitative estimate of drug-likeness (QED) is 0.499. The lowest BCUT2D eigenvalue weighted by atomic mass is 10.3. The van der Waals surface area contributed by atoms with Gasteiger partial charge in [0.2, 0.25) is 0 Å². The molecule has 7 heteroatoms. The number of carboxylic acid groups (broad SMARTS) is 1. The summed E-state index contributed by atoms with van der Waals surface area (Å²) in [7, 11) is 1.42. The second-order valence-electron chi connectivity index (χ2n) is 2.10. The Balaban J connectivity index is 3.26. The molecule has 0 saturated heterocycles. The molecule has 0 aromatic carbocycles. The number of carbonyl (C=O) groups is 1. The van der Waals surface area contributed by atoms with Crippen LogP contribution in [0.15, 0.2) is 6.20 Å². The molecule has 0 saturated carbocycles. The molecule has 64 valence electrons. The summed E-state index contributed by atoms with van der Waals surface area (Å²) in [5.41, 5.74) is -0.400. The normalized spacial score (nSPS) is 9.75. The van der Waals surface area contributed by atoms with Crippen LogP contribution in [-0.4, -0.2) is 25.8 Å². The molecule has 1 aromatic rings. The number of rotatable bonds is 2. The summed E-state index contributed by atoms with van der Waals surface area (Å²) in [4.78, 5) is 19.8. The van der Waals surface area contributed by atoms with E-state index in [1.54, 1.807) is 0 Å². The van der Waals surface area contributed by atoms with Gasteiger partial charge in [-0.05, 0) is 4.92 Å². The Labute approximate surface area is 66.4 Å². The van der Waals surface area contributed by atoms with Crippen LogP contribution in [0, 0.1) is 10.1 Å². The van der Waals surface area contributed by atoms with Gasteiger partial charge < -0.3 is 15.2 Å². The fraction of sp³-hybridized carbons (Fsp3) is 0.200. The summed E-state index contributed by atoms with van der Waals surface area (Å²) in [5.74, 6) is -1.99. The van der Waals surface area contributed by atoms with Crippen LogP contribution < -0.4 is 0 Å². The average Bonchev–Trinajstić information content (AvgIpc) is 2.31. The van der Waals surface area contributed by atoms with Crippen LogP contribution >= 0.6 is 0 Å². The third kappa shape index (κ3) is 1.24. The molecule has 1 rings (SSSR count). The molecule has 1 heterocycles. The Morgan fingerprint density at radius 2 is 2.42 bits per heavy atom. The van der Waals surface area contributed by atoms with Crippen molar-refractivity contribution < 1.29 is 14.8 Å². The van der Waals surface area contributed by atoms with Gasteiger partial charge in [0.15, 0.2) is 5.56 Å². The maximum absolute atomic E-state index is 10.4. The molecule has 1 aromatic heterocycles.